The molecule has 0 spiro atoms. The van der Waals surface area contributed by atoms with Gasteiger partial charge in [-0.05, 0) is 50.5 Å². The average molecular weight is 492 g/mol. The van der Waals surface area contributed by atoms with Gasteiger partial charge in [-0.15, -0.1) is 0 Å². The number of carbonyl (C=O) groups is 2. The first kappa shape index (κ1) is 27.3. The highest BCUT2D eigenvalue weighted by Gasteiger charge is 2.30. The second-order valence-corrected chi connectivity index (χ2v) is 10.9. The molecule has 0 radical (unpaired) electrons. The van der Waals surface area contributed by atoms with Crippen LogP contribution in [-0.4, -0.2) is 50.0 Å². The van der Waals surface area contributed by atoms with E-state index in [-0.39, 0.29) is 24.1 Å². The number of rotatable bonds is 10. The van der Waals surface area contributed by atoms with Gasteiger partial charge in [0.1, 0.15) is 18.4 Å². The van der Waals surface area contributed by atoms with E-state index in [1.165, 1.54) is 23.1 Å². The standard InChI is InChI=1S/C25H34FN3O4S/c1-17(2)20-11-13-22(14-12-20)29(34(6,32)33)16-24(30)28(19(5)25(31)27-18(3)4)15-21-9-7-8-10-23(21)26/h7-14,17-19H,15-16H2,1-6H3,(H,27,31)/t19-/m1/s1. The van der Waals surface area contributed by atoms with E-state index in [1.807, 2.05) is 26.0 Å². The van der Waals surface area contributed by atoms with Crippen molar-refractivity contribution in [1.82, 2.24) is 10.2 Å². The summed E-state index contributed by atoms with van der Waals surface area (Å²) in [6, 6.07) is 11.8. The van der Waals surface area contributed by atoms with Crippen LogP contribution in [0, 0.1) is 5.82 Å². The van der Waals surface area contributed by atoms with E-state index < -0.39 is 40.2 Å². The predicted octanol–water partition coefficient (Wildman–Crippen LogP) is 3.66. The quantitative estimate of drug-likeness (QED) is 0.550. The molecule has 0 aliphatic carbocycles. The number of nitrogens with one attached hydrogen (secondary N) is 1. The fourth-order valence-corrected chi connectivity index (χ4v) is 4.29. The number of halogens is 1. The van der Waals surface area contributed by atoms with Crippen LogP contribution in [0.2, 0.25) is 0 Å². The molecule has 1 N–H and O–H groups in total. The van der Waals surface area contributed by atoms with Crippen LogP contribution in [-0.2, 0) is 26.2 Å². The highest BCUT2D eigenvalue weighted by molar-refractivity contribution is 7.92. The van der Waals surface area contributed by atoms with Gasteiger partial charge in [0.25, 0.3) is 0 Å². The Labute approximate surface area is 202 Å². The van der Waals surface area contributed by atoms with Crippen molar-refractivity contribution in [2.45, 2.75) is 59.2 Å². The fraction of sp³-hybridized carbons (Fsp3) is 0.440. The van der Waals surface area contributed by atoms with Crippen molar-refractivity contribution in [3.63, 3.8) is 0 Å². The summed E-state index contributed by atoms with van der Waals surface area (Å²) in [4.78, 5) is 27.3. The summed E-state index contributed by atoms with van der Waals surface area (Å²) in [7, 11) is -3.81. The van der Waals surface area contributed by atoms with Crippen LogP contribution in [0.3, 0.4) is 0 Å². The lowest BCUT2D eigenvalue weighted by molar-refractivity contribution is -0.139. The van der Waals surface area contributed by atoms with E-state index in [1.54, 1.807) is 39.0 Å². The molecule has 7 nitrogen and oxygen atoms in total. The minimum Gasteiger partial charge on any atom is -0.352 e. The van der Waals surface area contributed by atoms with Crippen molar-refractivity contribution in [1.29, 1.82) is 0 Å². The van der Waals surface area contributed by atoms with Crippen molar-refractivity contribution >= 4 is 27.5 Å². The van der Waals surface area contributed by atoms with Crippen molar-refractivity contribution in [3.8, 4) is 0 Å². The van der Waals surface area contributed by atoms with Gasteiger partial charge in [-0.25, -0.2) is 12.8 Å². The van der Waals surface area contributed by atoms with Crippen LogP contribution >= 0.6 is 0 Å². The first-order valence-electron chi connectivity index (χ1n) is 11.2. The summed E-state index contributed by atoms with van der Waals surface area (Å²) in [5.74, 6) is -1.28. The van der Waals surface area contributed by atoms with Gasteiger partial charge in [-0.3, -0.25) is 13.9 Å². The molecule has 2 aromatic rings. The zero-order chi connectivity index (χ0) is 25.6. The molecule has 2 aromatic carbocycles. The number of nitrogens with zero attached hydrogens (tertiary/aromatic N) is 2. The van der Waals surface area contributed by atoms with Crippen molar-refractivity contribution in [2.75, 3.05) is 17.1 Å². The van der Waals surface area contributed by atoms with Gasteiger partial charge in [0.05, 0.1) is 11.9 Å². The van der Waals surface area contributed by atoms with Crippen molar-refractivity contribution < 1.29 is 22.4 Å². The average Bonchev–Trinajstić information content (AvgIpc) is 2.75. The van der Waals surface area contributed by atoms with Gasteiger partial charge in [0.2, 0.25) is 21.8 Å². The van der Waals surface area contributed by atoms with E-state index in [4.69, 9.17) is 0 Å². The molecule has 0 aliphatic rings. The number of amides is 2. The molecule has 34 heavy (non-hydrogen) atoms. The van der Waals surface area contributed by atoms with Crippen LogP contribution in [0.4, 0.5) is 10.1 Å². The minimum atomic E-state index is -3.81. The van der Waals surface area contributed by atoms with Crippen LogP contribution in [0.5, 0.6) is 0 Å². The lowest BCUT2D eigenvalue weighted by Crippen LogP contribution is -2.52. The van der Waals surface area contributed by atoms with Gasteiger partial charge in [-0.2, -0.15) is 0 Å². The Balaban J connectivity index is 2.40. The van der Waals surface area contributed by atoms with E-state index in [0.717, 1.165) is 16.1 Å². The topological polar surface area (TPSA) is 86.8 Å². The first-order valence-corrected chi connectivity index (χ1v) is 13.1. The second kappa shape index (κ2) is 11.5. The van der Waals surface area contributed by atoms with Crippen molar-refractivity contribution in [3.05, 3.63) is 65.5 Å². The lowest BCUT2D eigenvalue weighted by atomic mass is 10.0. The van der Waals surface area contributed by atoms with Crippen LogP contribution < -0.4 is 9.62 Å². The Bertz CT molecular complexity index is 1100. The largest absolute Gasteiger partial charge is 0.352 e. The summed E-state index contributed by atoms with van der Waals surface area (Å²) in [6.07, 6.45) is 1.02. The Morgan fingerprint density at radius 1 is 0.971 bits per heavy atom. The molecule has 0 bridgehead atoms. The third-order valence-electron chi connectivity index (χ3n) is 5.42. The first-order chi connectivity index (χ1) is 15.8. The van der Waals surface area contributed by atoms with Crippen LogP contribution in [0.1, 0.15) is 51.7 Å². The van der Waals surface area contributed by atoms with Gasteiger partial charge < -0.3 is 10.2 Å². The molecule has 0 aromatic heterocycles. The molecule has 0 unspecified atom stereocenters. The number of carbonyl (C=O) groups excluding carboxylic acids is 2. The third kappa shape index (κ3) is 7.28. The Hall–Kier alpha value is -2.94. The number of sulfonamides is 1. The van der Waals surface area contributed by atoms with Gasteiger partial charge in [-0.1, -0.05) is 44.2 Å². The molecule has 0 fully saturated rings. The minimum absolute atomic E-state index is 0.160. The smallest absolute Gasteiger partial charge is 0.244 e. The molecule has 1 atom stereocenters. The Morgan fingerprint density at radius 3 is 2.06 bits per heavy atom. The molecule has 186 valence electrons. The zero-order valence-corrected chi connectivity index (χ0v) is 21.4. The molecule has 2 rings (SSSR count). The van der Waals surface area contributed by atoms with E-state index in [9.17, 15) is 22.4 Å². The summed E-state index contributed by atoms with van der Waals surface area (Å²) in [5, 5.41) is 2.75. The molecule has 0 aliphatic heterocycles. The zero-order valence-electron chi connectivity index (χ0n) is 20.6. The molecule has 2 amide bonds. The molecule has 0 saturated heterocycles. The van der Waals surface area contributed by atoms with Gasteiger partial charge in [0, 0.05) is 18.2 Å². The molecule has 9 heteroatoms. The number of hydrogen-bond donors (Lipinski definition) is 1. The summed E-state index contributed by atoms with van der Waals surface area (Å²) < 4.78 is 40.5. The third-order valence-corrected chi connectivity index (χ3v) is 6.56. The van der Waals surface area contributed by atoms with Gasteiger partial charge >= 0.3 is 0 Å². The maximum Gasteiger partial charge on any atom is 0.244 e. The van der Waals surface area contributed by atoms with E-state index >= 15 is 0 Å². The predicted molar refractivity (Wildman–Crippen MR) is 132 cm³/mol. The summed E-state index contributed by atoms with van der Waals surface area (Å²) in [6.45, 7) is 8.47. The SMILES string of the molecule is CC(C)NC(=O)[C@@H](C)N(Cc1ccccc1F)C(=O)CN(c1ccc(C(C)C)cc1)S(C)(=O)=O. The van der Waals surface area contributed by atoms with Crippen LogP contribution in [0.15, 0.2) is 48.5 Å². The highest BCUT2D eigenvalue weighted by atomic mass is 32.2. The molecular weight excluding hydrogens is 457 g/mol. The summed E-state index contributed by atoms with van der Waals surface area (Å²) >= 11 is 0. The summed E-state index contributed by atoms with van der Waals surface area (Å²) in [5.41, 5.74) is 1.60. The van der Waals surface area contributed by atoms with E-state index in [2.05, 4.69) is 5.32 Å². The second-order valence-electron chi connectivity index (χ2n) is 8.97. The van der Waals surface area contributed by atoms with Crippen LogP contribution in [0.25, 0.3) is 0 Å². The maximum atomic E-state index is 14.4. The normalized spacial score (nSPS) is 12.5. The number of anilines is 1. The van der Waals surface area contributed by atoms with E-state index in [0.29, 0.717) is 5.69 Å². The molecule has 0 saturated carbocycles. The number of benzene rings is 2. The van der Waals surface area contributed by atoms with Crippen molar-refractivity contribution in [2.24, 2.45) is 0 Å². The molecule has 0 heterocycles. The number of hydrogen-bond acceptors (Lipinski definition) is 4. The Kier molecular flexibility index (Phi) is 9.21. The fourth-order valence-electron chi connectivity index (χ4n) is 3.44. The maximum absolute atomic E-state index is 14.4. The monoisotopic (exact) mass is 491 g/mol. The Morgan fingerprint density at radius 2 is 1.56 bits per heavy atom. The molecular formula is C25H34FN3O4S. The van der Waals surface area contributed by atoms with Gasteiger partial charge in [0.15, 0.2) is 0 Å². The highest BCUT2D eigenvalue weighted by Crippen LogP contribution is 2.23. The lowest BCUT2D eigenvalue weighted by Gasteiger charge is -2.32.